The molecule has 20 heavy (non-hydrogen) atoms. The normalized spacial score (nSPS) is 24.6. The van der Waals surface area contributed by atoms with Crippen molar-refractivity contribution in [1.82, 2.24) is 9.88 Å². The Hall–Kier alpha value is -0.516. The number of piperazine rings is 1. The minimum atomic E-state index is -0.206. The first-order valence-electron chi connectivity index (χ1n) is 6.93. The third-order valence-corrected chi connectivity index (χ3v) is 4.45. The summed E-state index contributed by atoms with van der Waals surface area (Å²) in [5.41, 5.74) is 5.90. The Morgan fingerprint density at radius 1 is 1.35 bits per heavy atom. The number of carbonyl (C=O) groups excluding carboxylic acids is 1. The minimum Gasteiger partial charge on any atom is -0.418 e. The van der Waals surface area contributed by atoms with E-state index in [1.54, 1.807) is 12.3 Å². The maximum absolute atomic E-state index is 12.7. The van der Waals surface area contributed by atoms with Crippen LogP contribution in [0.25, 0.3) is 0 Å². The molecule has 1 radical (unpaired) electrons. The molecule has 3 fully saturated rings. The Balaban J connectivity index is 0.00000121. The first-order chi connectivity index (χ1) is 9.21. The van der Waals surface area contributed by atoms with Gasteiger partial charge in [-0.25, -0.2) is 0 Å². The van der Waals surface area contributed by atoms with Gasteiger partial charge in [0.2, 0.25) is 5.91 Å². The van der Waals surface area contributed by atoms with Crippen LogP contribution in [0.4, 0.5) is 11.5 Å². The Bertz CT molecular complexity index is 524. The minimum absolute atomic E-state index is 0. The largest absolute Gasteiger partial charge is 0.418 e. The van der Waals surface area contributed by atoms with Gasteiger partial charge in [-0.05, 0) is 25.7 Å². The van der Waals surface area contributed by atoms with Gasteiger partial charge >= 0.3 is 0 Å². The van der Waals surface area contributed by atoms with E-state index in [0.29, 0.717) is 17.5 Å². The summed E-state index contributed by atoms with van der Waals surface area (Å²) in [6.45, 7) is 1.68. The van der Waals surface area contributed by atoms with Crippen LogP contribution in [-0.4, -0.2) is 40.5 Å². The molecule has 1 saturated heterocycles. The standard InChI is InChI=1S/C14H17N4O.Y/c15-10-1-4-12(16-9-10)17-7-8-18(11-2-3-11)14(5-6-14)13(17)19;/h4,9,11H,2-3,5-8,15H2;/q-1;. The Labute approximate surface area is 143 Å². The molecular weight excluding hydrogens is 329 g/mol. The third kappa shape index (κ3) is 2.20. The summed E-state index contributed by atoms with van der Waals surface area (Å²) in [6, 6.07) is 5.29. The Kier molecular flexibility index (Phi) is 3.63. The van der Waals surface area contributed by atoms with Gasteiger partial charge < -0.3 is 15.6 Å². The van der Waals surface area contributed by atoms with Crippen molar-refractivity contribution in [2.24, 2.45) is 0 Å². The second kappa shape index (κ2) is 5.04. The number of anilines is 2. The van der Waals surface area contributed by atoms with E-state index in [0.717, 1.165) is 25.9 Å². The van der Waals surface area contributed by atoms with Gasteiger partial charge in [0.1, 0.15) is 5.54 Å². The van der Waals surface area contributed by atoms with Gasteiger partial charge in [0.25, 0.3) is 0 Å². The number of nitrogens with two attached hydrogens (primary N) is 1. The van der Waals surface area contributed by atoms with Crippen LogP contribution in [0.1, 0.15) is 25.7 Å². The second-order valence-corrected chi connectivity index (χ2v) is 5.77. The number of hydrogen-bond acceptors (Lipinski definition) is 4. The molecule has 103 valence electrons. The van der Waals surface area contributed by atoms with E-state index in [-0.39, 0.29) is 44.2 Å². The molecule has 2 N–H and O–H groups in total. The van der Waals surface area contributed by atoms with Gasteiger partial charge in [0, 0.05) is 57.7 Å². The number of nitrogen functional groups attached to an aromatic ring is 1. The van der Waals surface area contributed by atoms with Gasteiger partial charge in [-0.1, -0.05) is 11.9 Å². The molecule has 1 spiro atoms. The first-order valence-corrected chi connectivity index (χ1v) is 6.93. The van der Waals surface area contributed by atoms with Crippen molar-refractivity contribution in [3.63, 3.8) is 0 Å². The van der Waals surface area contributed by atoms with E-state index in [9.17, 15) is 4.79 Å². The van der Waals surface area contributed by atoms with Crippen LogP contribution < -0.4 is 10.6 Å². The SMILES string of the molecule is Nc1[c-]cc(N2CCN(C3CC3)C3(CC3)C2=O)nc1.[Y]. The zero-order valence-corrected chi connectivity index (χ0v) is 14.2. The predicted molar refractivity (Wildman–Crippen MR) is 71.5 cm³/mol. The summed E-state index contributed by atoms with van der Waals surface area (Å²) < 4.78 is 0. The van der Waals surface area contributed by atoms with Crippen LogP contribution in [0.2, 0.25) is 0 Å². The quantitative estimate of drug-likeness (QED) is 0.805. The number of hydrogen-bond donors (Lipinski definition) is 1. The second-order valence-electron chi connectivity index (χ2n) is 5.77. The molecule has 2 saturated carbocycles. The summed E-state index contributed by atoms with van der Waals surface area (Å²) in [5.74, 6) is 0.900. The van der Waals surface area contributed by atoms with E-state index in [4.69, 9.17) is 5.73 Å². The summed E-state index contributed by atoms with van der Waals surface area (Å²) in [6.07, 6.45) is 6.07. The number of pyridine rings is 1. The molecule has 2 aliphatic carbocycles. The molecule has 6 heteroatoms. The van der Waals surface area contributed by atoms with E-state index >= 15 is 0 Å². The molecule has 4 rings (SSSR count). The number of rotatable bonds is 2. The van der Waals surface area contributed by atoms with Gasteiger partial charge in [0.05, 0.1) is 0 Å². The van der Waals surface area contributed by atoms with Gasteiger partial charge in [-0.2, -0.15) is 6.07 Å². The summed E-state index contributed by atoms with van der Waals surface area (Å²) >= 11 is 0. The number of amides is 1. The zero-order valence-electron chi connectivity index (χ0n) is 11.4. The summed E-state index contributed by atoms with van der Waals surface area (Å²) in [5, 5.41) is 0. The molecular formula is C14H17N4OY-. The molecule has 5 nitrogen and oxygen atoms in total. The monoisotopic (exact) mass is 346 g/mol. The number of carbonyl (C=O) groups is 1. The fourth-order valence-corrected chi connectivity index (χ4v) is 3.16. The maximum atomic E-state index is 12.7. The van der Waals surface area contributed by atoms with Crippen molar-refractivity contribution in [1.29, 1.82) is 0 Å². The Morgan fingerprint density at radius 3 is 2.65 bits per heavy atom. The predicted octanol–water partition coefficient (Wildman–Crippen LogP) is 0.805. The summed E-state index contributed by atoms with van der Waals surface area (Å²) in [4.78, 5) is 21.2. The molecule has 3 aliphatic rings. The molecule has 1 aromatic rings. The van der Waals surface area contributed by atoms with Crippen LogP contribution in [0.3, 0.4) is 0 Å². The fraction of sp³-hybridized carbons (Fsp3) is 0.571. The molecule has 0 unspecified atom stereocenters. The van der Waals surface area contributed by atoms with Crippen molar-refractivity contribution in [2.45, 2.75) is 37.3 Å². The van der Waals surface area contributed by atoms with Crippen molar-refractivity contribution >= 4 is 17.4 Å². The summed E-state index contributed by atoms with van der Waals surface area (Å²) in [7, 11) is 0. The molecule has 1 aromatic heterocycles. The first kappa shape index (κ1) is 14.4. The van der Waals surface area contributed by atoms with Gasteiger partial charge in [0.15, 0.2) is 0 Å². The molecule has 0 aromatic carbocycles. The third-order valence-electron chi connectivity index (χ3n) is 4.45. The molecule has 1 aliphatic heterocycles. The smallest absolute Gasteiger partial charge is 0.237 e. The Morgan fingerprint density at radius 2 is 2.10 bits per heavy atom. The van der Waals surface area contributed by atoms with Crippen LogP contribution in [0.5, 0.6) is 0 Å². The van der Waals surface area contributed by atoms with Crippen molar-refractivity contribution in [2.75, 3.05) is 23.7 Å². The molecule has 1 amide bonds. The zero-order chi connectivity index (χ0) is 13.0. The molecule has 0 atom stereocenters. The molecule has 2 heterocycles. The number of aromatic nitrogens is 1. The fourth-order valence-electron chi connectivity index (χ4n) is 3.16. The average Bonchev–Trinajstić information content (AvgIpc) is 3.29. The number of nitrogens with zero attached hydrogens (tertiary/aromatic N) is 3. The van der Waals surface area contributed by atoms with E-state index < -0.39 is 0 Å². The van der Waals surface area contributed by atoms with E-state index in [1.165, 1.54) is 12.8 Å². The van der Waals surface area contributed by atoms with E-state index in [2.05, 4.69) is 16.0 Å². The van der Waals surface area contributed by atoms with Gasteiger partial charge in [-0.15, -0.1) is 6.07 Å². The van der Waals surface area contributed by atoms with Crippen LogP contribution >= 0.6 is 0 Å². The molecule has 0 bridgehead atoms. The van der Waals surface area contributed by atoms with Gasteiger partial charge in [-0.3, -0.25) is 9.69 Å². The van der Waals surface area contributed by atoms with Crippen LogP contribution in [0, 0.1) is 6.07 Å². The van der Waals surface area contributed by atoms with Crippen LogP contribution in [-0.2, 0) is 37.5 Å². The average molecular weight is 346 g/mol. The van der Waals surface area contributed by atoms with Crippen LogP contribution in [0.15, 0.2) is 12.3 Å². The maximum Gasteiger partial charge on any atom is 0.237 e. The van der Waals surface area contributed by atoms with E-state index in [1.807, 2.05) is 4.90 Å². The topological polar surface area (TPSA) is 62.5 Å². The van der Waals surface area contributed by atoms with Crippen molar-refractivity contribution < 1.29 is 37.5 Å². The van der Waals surface area contributed by atoms with Crippen molar-refractivity contribution in [3.8, 4) is 0 Å². The van der Waals surface area contributed by atoms with Crippen molar-refractivity contribution in [3.05, 3.63) is 18.3 Å².